The minimum Gasteiger partial charge on any atom is -0.341 e. The molecule has 0 aliphatic rings. The van der Waals surface area contributed by atoms with E-state index in [1.807, 2.05) is 51.2 Å². The third kappa shape index (κ3) is 3.27. The molecule has 6 nitrogen and oxygen atoms in total. The van der Waals surface area contributed by atoms with Crippen molar-refractivity contribution < 1.29 is 4.79 Å². The number of rotatable bonds is 5. The summed E-state index contributed by atoms with van der Waals surface area (Å²) in [5, 5.41) is 12.4. The van der Waals surface area contributed by atoms with E-state index in [0.717, 1.165) is 28.0 Å². The summed E-state index contributed by atoms with van der Waals surface area (Å²) < 4.78 is 1.68. The van der Waals surface area contributed by atoms with Crippen molar-refractivity contribution in [2.75, 3.05) is 7.05 Å². The molecule has 0 N–H and O–H groups in total. The van der Waals surface area contributed by atoms with Crippen molar-refractivity contribution in [1.29, 1.82) is 0 Å². The molecule has 0 bridgehead atoms. The summed E-state index contributed by atoms with van der Waals surface area (Å²) in [6.45, 7) is 4.59. The van der Waals surface area contributed by atoms with Crippen molar-refractivity contribution in [3.8, 4) is 0 Å². The summed E-state index contributed by atoms with van der Waals surface area (Å²) in [6, 6.07) is 10.0. The fraction of sp³-hybridized carbons (Fsp3) is 0.333. The summed E-state index contributed by atoms with van der Waals surface area (Å²) in [6.07, 6.45) is 2.71. The Kier molecular flexibility index (Phi) is 4.55. The van der Waals surface area contributed by atoms with Crippen LogP contribution in [0.2, 0.25) is 0 Å². The van der Waals surface area contributed by atoms with Crippen LogP contribution in [0, 0.1) is 13.8 Å². The van der Waals surface area contributed by atoms with E-state index >= 15 is 0 Å². The molecule has 2 aromatic heterocycles. The second-order valence-electron chi connectivity index (χ2n) is 6.02. The first-order chi connectivity index (χ1) is 11.6. The van der Waals surface area contributed by atoms with Crippen LogP contribution in [-0.2, 0) is 17.8 Å². The average molecular weight is 323 g/mol. The zero-order valence-corrected chi connectivity index (χ0v) is 14.2. The minimum absolute atomic E-state index is 0.124. The quantitative estimate of drug-likeness (QED) is 0.723. The van der Waals surface area contributed by atoms with E-state index < -0.39 is 0 Å². The molecule has 3 aromatic rings. The third-order valence-corrected chi connectivity index (χ3v) is 4.29. The van der Waals surface area contributed by atoms with Crippen molar-refractivity contribution >= 4 is 11.6 Å². The first-order valence-corrected chi connectivity index (χ1v) is 8.00. The van der Waals surface area contributed by atoms with Crippen LogP contribution >= 0.6 is 0 Å². The number of carbonyl (C=O) groups excluding carboxylic acids is 1. The summed E-state index contributed by atoms with van der Waals surface area (Å²) in [7, 11) is 1.84. The molecular formula is C18H21N5O. The van der Waals surface area contributed by atoms with Crippen molar-refractivity contribution in [2.24, 2.45) is 0 Å². The topological polar surface area (TPSA) is 63.4 Å². The van der Waals surface area contributed by atoms with Gasteiger partial charge >= 0.3 is 0 Å². The van der Waals surface area contributed by atoms with Gasteiger partial charge in [0.25, 0.3) is 0 Å². The van der Waals surface area contributed by atoms with Crippen LogP contribution in [-0.4, -0.2) is 37.7 Å². The zero-order valence-electron chi connectivity index (χ0n) is 14.2. The first kappa shape index (κ1) is 16.1. The number of hydrogen-bond acceptors (Lipinski definition) is 4. The second-order valence-corrected chi connectivity index (χ2v) is 6.02. The average Bonchev–Trinajstić information content (AvgIpc) is 3.03. The molecule has 0 atom stereocenters. The van der Waals surface area contributed by atoms with Crippen LogP contribution < -0.4 is 0 Å². The standard InChI is InChI=1S/C18H21N5O/c1-13-16(14(2)21-23-12-19-20-18(13)23)9-10-17(24)22(3)11-15-7-5-4-6-8-15/h4-8,12H,9-11H2,1-3H3. The van der Waals surface area contributed by atoms with Gasteiger partial charge in [-0.2, -0.15) is 5.10 Å². The van der Waals surface area contributed by atoms with E-state index in [-0.39, 0.29) is 5.91 Å². The van der Waals surface area contributed by atoms with E-state index in [0.29, 0.717) is 19.4 Å². The van der Waals surface area contributed by atoms with E-state index in [2.05, 4.69) is 15.3 Å². The van der Waals surface area contributed by atoms with E-state index in [1.165, 1.54) is 0 Å². The van der Waals surface area contributed by atoms with Crippen LogP contribution in [0.5, 0.6) is 0 Å². The molecule has 1 aromatic carbocycles. The molecule has 2 heterocycles. The number of fused-ring (bicyclic) bond motifs is 1. The molecule has 0 aliphatic heterocycles. The molecular weight excluding hydrogens is 302 g/mol. The lowest BCUT2D eigenvalue weighted by Crippen LogP contribution is -2.26. The number of amides is 1. The Morgan fingerprint density at radius 3 is 2.71 bits per heavy atom. The lowest BCUT2D eigenvalue weighted by atomic mass is 10.0. The maximum absolute atomic E-state index is 12.4. The molecule has 0 saturated carbocycles. The largest absolute Gasteiger partial charge is 0.341 e. The summed E-state index contributed by atoms with van der Waals surface area (Å²) >= 11 is 0. The molecule has 3 rings (SSSR count). The first-order valence-electron chi connectivity index (χ1n) is 8.00. The maximum Gasteiger partial charge on any atom is 0.222 e. The monoisotopic (exact) mass is 323 g/mol. The third-order valence-electron chi connectivity index (χ3n) is 4.29. The van der Waals surface area contributed by atoms with Crippen LogP contribution in [0.25, 0.3) is 5.65 Å². The van der Waals surface area contributed by atoms with Gasteiger partial charge in [0.05, 0.1) is 5.69 Å². The molecule has 0 radical (unpaired) electrons. The van der Waals surface area contributed by atoms with Gasteiger partial charge in [0.15, 0.2) is 5.65 Å². The highest BCUT2D eigenvalue weighted by molar-refractivity contribution is 5.76. The fourth-order valence-corrected chi connectivity index (χ4v) is 2.91. The van der Waals surface area contributed by atoms with Gasteiger partial charge in [-0.3, -0.25) is 4.79 Å². The highest BCUT2D eigenvalue weighted by atomic mass is 16.2. The normalized spacial score (nSPS) is 11.0. The Bertz CT molecular complexity index is 856. The molecule has 0 unspecified atom stereocenters. The SMILES string of the molecule is Cc1nn2cnnc2c(C)c1CCC(=O)N(C)Cc1ccccc1. The van der Waals surface area contributed by atoms with Crippen LogP contribution in [0.4, 0.5) is 0 Å². The number of carbonyl (C=O) groups is 1. The number of aromatic nitrogens is 4. The number of nitrogens with zero attached hydrogens (tertiary/aromatic N) is 5. The maximum atomic E-state index is 12.4. The predicted molar refractivity (Wildman–Crippen MR) is 91.5 cm³/mol. The van der Waals surface area contributed by atoms with Gasteiger partial charge in [0.1, 0.15) is 6.33 Å². The van der Waals surface area contributed by atoms with Crippen molar-refractivity contribution in [1.82, 2.24) is 24.7 Å². The molecule has 0 saturated heterocycles. The molecule has 0 fully saturated rings. The van der Waals surface area contributed by atoms with Gasteiger partial charge < -0.3 is 4.90 Å². The minimum atomic E-state index is 0.124. The van der Waals surface area contributed by atoms with Gasteiger partial charge in [-0.05, 0) is 31.4 Å². The number of hydrogen-bond donors (Lipinski definition) is 0. The fourth-order valence-electron chi connectivity index (χ4n) is 2.91. The number of benzene rings is 1. The highest BCUT2D eigenvalue weighted by Crippen LogP contribution is 2.17. The lowest BCUT2D eigenvalue weighted by Gasteiger charge is -2.18. The van der Waals surface area contributed by atoms with E-state index in [4.69, 9.17) is 0 Å². The van der Waals surface area contributed by atoms with Crippen LogP contribution in [0.3, 0.4) is 0 Å². The van der Waals surface area contributed by atoms with Gasteiger partial charge in [-0.1, -0.05) is 30.3 Å². The Hall–Kier alpha value is -2.76. The summed E-state index contributed by atoms with van der Waals surface area (Å²) in [5.41, 5.74) is 4.92. The van der Waals surface area contributed by atoms with Gasteiger partial charge in [0, 0.05) is 25.6 Å². The Morgan fingerprint density at radius 2 is 1.96 bits per heavy atom. The molecule has 124 valence electrons. The van der Waals surface area contributed by atoms with Crippen LogP contribution in [0.15, 0.2) is 36.7 Å². The Morgan fingerprint density at radius 1 is 1.21 bits per heavy atom. The van der Waals surface area contributed by atoms with Crippen molar-refractivity contribution in [3.63, 3.8) is 0 Å². The second kappa shape index (κ2) is 6.78. The van der Waals surface area contributed by atoms with Gasteiger partial charge in [-0.25, -0.2) is 4.52 Å². The van der Waals surface area contributed by atoms with Crippen LogP contribution in [0.1, 0.15) is 28.8 Å². The Balaban J connectivity index is 1.68. The highest BCUT2D eigenvalue weighted by Gasteiger charge is 2.14. The number of aryl methyl sites for hydroxylation is 2. The summed E-state index contributed by atoms with van der Waals surface area (Å²) in [5.74, 6) is 0.124. The van der Waals surface area contributed by atoms with E-state index in [9.17, 15) is 4.79 Å². The Labute approximate surface area is 141 Å². The molecule has 0 spiro atoms. The molecule has 1 amide bonds. The molecule has 0 aliphatic carbocycles. The van der Waals surface area contributed by atoms with E-state index in [1.54, 1.807) is 15.7 Å². The smallest absolute Gasteiger partial charge is 0.222 e. The van der Waals surface area contributed by atoms with Crippen molar-refractivity contribution in [3.05, 3.63) is 59.0 Å². The molecule has 6 heteroatoms. The predicted octanol–water partition coefficient (Wildman–Crippen LogP) is 2.33. The lowest BCUT2D eigenvalue weighted by molar-refractivity contribution is -0.130. The van der Waals surface area contributed by atoms with Crippen molar-refractivity contribution in [2.45, 2.75) is 33.2 Å². The van der Waals surface area contributed by atoms with Gasteiger partial charge in [0.2, 0.25) is 5.91 Å². The molecule has 24 heavy (non-hydrogen) atoms. The van der Waals surface area contributed by atoms with Gasteiger partial charge in [-0.15, -0.1) is 10.2 Å². The summed E-state index contributed by atoms with van der Waals surface area (Å²) in [4.78, 5) is 14.2. The zero-order chi connectivity index (χ0) is 17.1.